The van der Waals surface area contributed by atoms with E-state index in [2.05, 4.69) is 9.71 Å². The van der Waals surface area contributed by atoms with Gasteiger partial charge in [-0.05, 0) is 54.4 Å². The fourth-order valence-electron chi connectivity index (χ4n) is 2.64. The Labute approximate surface area is 183 Å². The molecule has 30 heavy (non-hydrogen) atoms. The van der Waals surface area contributed by atoms with Crippen molar-refractivity contribution < 1.29 is 17.6 Å². The van der Waals surface area contributed by atoms with Gasteiger partial charge in [0.2, 0.25) is 10.0 Å². The van der Waals surface area contributed by atoms with Crippen LogP contribution in [-0.4, -0.2) is 19.2 Å². The van der Waals surface area contributed by atoms with Crippen molar-refractivity contribution in [2.24, 2.45) is 0 Å². The highest BCUT2D eigenvalue weighted by Gasteiger charge is 2.16. The highest BCUT2D eigenvalue weighted by atomic mass is 35.5. The van der Waals surface area contributed by atoms with Crippen molar-refractivity contribution in [2.75, 3.05) is 0 Å². The molecule has 156 valence electrons. The molecule has 0 spiro atoms. The quantitative estimate of drug-likeness (QED) is 0.482. The Hall–Kier alpha value is -2.32. The Kier molecular flexibility index (Phi) is 7.20. The molecule has 0 saturated heterocycles. The van der Waals surface area contributed by atoms with Crippen LogP contribution in [0.5, 0.6) is 0 Å². The van der Waals surface area contributed by atoms with E-state index >= 15 is 0 Å². The van der Waals surface area contributed by atoms with E-state index in [1.54, 1.807) is 24.3 Å². The molecule has 3 aromatic rings. The fraction of sp³-hybridized carbons (Fsp3) is 0.143. The number of aryl methyl sites for hydroxylation is 1. The number of ketones is 1. The van der Waals surface area contributed by atoms with Crippen LogP contribution in [0.1, 0.15) is 28.0 Å². The van der Waals surface area contributed by atoms with Crippen molar-refractivity contribution in [3.8, 4) is 0 Å². The van der Waals surface area contributed by atoms with Crippen LogP contribution in [0.4, 0.5) is 4.39 Å². The molecule has 0 bridgehead atoms. The minimum absolute atomic E-state index is 0.0643. The maximum absolute atomic E-state index is 13.2. The number of hydrogen-bond acceptors (Lipinski definition) is 4. The molecular weight excluding hydrogens is 450 g/mol. The van der Waals surface area contributed by atoms with Gasteiger partial charge in [0.05, 0.1) is 22.2 Å². The molecule has 0 aliphatic heterocycles. The zero-order valence-electron chi connectivity index (χ0n) is 15.6. The van der Waals surface area contributed by atoms with Gasteiger partial charge >= 0.3 is 0 Å². The van der Waals surface area contributed by atoms with Gasteiger partial charge in [-0.25, -0.2) is 17.5 Å². The average Bonchev–Trinajstić information content (AvgIpc) is 2.74. The average molecular weight is 467 g/mol. The Morgan fingerprint density at radius 2 is 1.77 bits per heavy atom. The van der Waals surface area contributed by atoms with E-state index in [1.165, 1.54) is 6.20 Å². The molecule has 0 amide bonds. The summed E-state index contributed by atoms with van der Waals surface area (Å²) in [5.74, 6) is -0.765. The molecule has 2 aromatic carbocycles. The Balaban J connectivity index is 1.57. The molecular formula is C21H17Cl2FN2O3S. The molecule has 0 aliphatic carbocycles. The van der Waals surface area contributed by atoms with E-state index in [-0.39, 0.29) is 22.2 Å². The van der Waals surface area contributed by atoms with Crippen LogP contribution in [0, 0.1) is 5.82 Å². The lowest BCUT2D eigenvalue weighted by Crippen LogP contribution is -2.23. The highest BCUT2D eigenvalue weighted by Crippen LogP contribution is 2.19. The second kappa shape index (κ2) is 9.66. The molecule has 1 N–H and O–H groups in total. The lowest BCUT2D eigenvalue weighted by Gasteiger charge is -2.08. The first kappa shape index (κ1) is 22.4. The number of carbonyl (C=O) groups excluding carboxylic acids is 1. The molecule has 1 aromatic heterocycles. The lowest BCUT2D eigenvalue weighted by atomic mass is 10.0. The summed E-state index contributed by atoms with van der Waals surface area (Å²) in [4.78, 5) is 16.3. The number of nitrogens with one attached hydrogen (secondary N) is 1. The minimum Gasteiger partial charge on any atom is -0.294 e. The van der Waals surface area contributed by atoms with Gasteiger partial charge in [-0.1, -0.05) is 35.3 Å². The number of aromatic nitrogens is 1. The normalized spacial score (nSPS) is 11.4. The molecule has 0 saturated carbocycles. The number of rotatable bonds is 8. The summed E-state index contributed by atoms with van der Waals surface area (Å²) in [6, 6.07) is 13.6. The van der Waals surface area contributed by atoms with Crippen molar-refractivity contribution >= 4 is 39.0 Å². The first-order valence-corrected chi connectivity index (χ1v) is 11.2. The molecule has 9 heteroatoms. The van der Waals surface area contributed by atoms with Crippen LogP contribution in [0.2, 0.25) is 10.0 Å². The molecule has 5 nitrogen and oxygen atoms in total. The molecule has 0 radical (unpaired) electrons. The molecule has 0 aliphatic rings. The minimum atomic E-state index is -3.88. The summed E-state index contributed by atoms with van der Waals surface area (Å²) in [5.41, 5.74) is 1.88. The van der Waals surface area contributed by atoms with Crippen LogP contribution < -0.4 is 4.72 Å². The zero-order valence-corrected chi connectivity index (χ0v) is 17.9. The molecule has 0 fully saturated rings. The van der Waals surface area contributed by atoms with Crippen LogP contribution >= 0.6 is 23.2 Å². The van der Waals surface area contributed by atoms with Gasteiger partial charge in [0.1, 0.15) is 5.82 Å². The second-order valence-corrected chi connectivity index (χ2v) is 9.10. The number of nitrogens with zero attached hydrogens (tertiary/aromatic N) is 1. The predicted molar refractivity (Wildman–Crippen MR) is 114 cm³/mol. The third-order valence-corrected chi connectivity index (χ3v) is 6.29. The van der Waals surface area contributed by atoms with E-state index in [0.29, 0.717) is 29.1 Å². The number of carbonyl (C=O) groups is 1. The van der Waals surface area contributed by atoms with Gasteiger partial charge in [-0.2, -0.15) is 0 Å². The number of hydrogen-bond donors (Lipinski definition) is 1. The van der Waals surface area contributed by atoms with Crippen LogP contribution in [-0.2, 0) is 23.0 Å². The smallest absolute Gasteiger partial charge is 0.240 e. The van der Waals surface area contributed by atoms with Gasteiger partial charge in [0.15, 0.2) is 5.78 Å². The van der Waals surface area contributed by atoms with E-state index < -0.39 is 15.8 Å². The van der Waals surface area contributed by atoms with Crippen molar-refractivity contribution in [3.05, 3.63) is 93.5 Å². The number of Topliss-reactive ketones (excluding diaryl/α,β-unsaturated/α-hetero) is 1. The van der Waals surface area contributed by atoms with Gasteiger partial charge in [-0.3, -0.25) is 9.78 Å². The monoisotopic (exact) mass is 466 g/mol. The third kappa shape index (κ3) is 5.86. The van der Waals surface area contributed by atoms with E-state index in [0.717, 1.165) is 23.8 Å². The lowest BCUT2D eigenvalue weighted by molar-refractivity contribution is 0.0982. The summed E-state index contributed by atoms with van der Waals surface area (Å²) in [6.07, 6.45) is 2.32. The summed E-state index contributed by atoms with van der Waals surface area (Å²) in [7, 11) is -3.88. The molecule has 3 rings (SSSR count). The first-order chi connectivity index (χ1) is 14.2. The van der Waals surface area contributed by atoms with Crippen molar-refractivity contribution in [2.45, 2.75) is 24.3 Å². The molecule has 0 atom stereocenters. The van der Waals surface area contributed by atoms with Gasteiger partial charge in [0.25, 0.3) is 0 Å². The molecule has 1 heterocycles. The number of pyridine rings is 1. The van der Waals surface area contributed by atoms with Crippen LogP contribution in [0.3, 0.4) is 0 Å². The van der Waals surface area contributed by atoms with Gasteiger partial charge < -0.3 is 0 Å². The Morgan fingerprint density at radius 3 is 2.40 bits per heavy atom. The largest absolute Gasteiger partial charge is 0.294 e. The van der Waals surface area contributed by atoms with Gasteiger partial charge in [0, 0.05) is 23.2 Å². The SMILES string of the molecule is O=C(CCc1ccc(Cl)cc1)c1ccc(CNS(=O)(=O)c2ccc(F)c(Cl)c2)nc1. The number of halogens is 3. The Bertz CT molecular complexity index is 1150. The zero-order chi connectivity index (χ0) is 21.7. The fourth-order valence-corrected chi connectivity index (χ4v) is 4.04. The van der Waals surface area contributed by atoms with E-state index in [1.807, 2.05) is 12.1 Å². The highest BCUT2D eigenvalue weighted by molar-refractivity contribution is 7.89. The predicted octanol–water partition coefficient (Wildman–Crippen LogP) is 4.82. The van der Waals surface area contributed by atoms with Crippen LogP contribution in [0.25, 0.3) is 0 Å². The topological polar surface area (TPSA) is 76.1 Å². The van der Waals surface area contributed by atoms with Crippen LogP contribution in [0.15, 0.2) is 65.7 Å². The molecule has 0 unspecified atom stereocenters. The standard InChI is InChI=1S/C21H17Cl2FN2O3S/c22-16-5-1-14(2-6-16)3-10-21(27)15-4-7-17(25-12-15)13-26-30(28,29)18-8-9-20(24)19(23)11-18/h1-2,4-9,11-12,26H,3,10,13H2. The number of benzene rings is 2. The number of sulfonamides is 1. The van der Waals surface area contributed by atoms with Crippen molar-refractivity contribution in [1.29, 1.82) is 0 Å². The second-order valence-electron chi connectivity index (χ2n) is 6.49. The van der Waals surface area contributed by atoms with E-state index in [4.69, 9.17) is 23.2 Å². The third-order valence-electron chi connectivity index (χ3n) is 4.35. The van der Waals surface area contributed by atoms with Crippen molar-refractivity contribution in [1.82, 2.24) is 9.71 Å². The summed E-state index contributed by atoms with van der Waals surface area (Å²) >= 11 is 11.5. The van der Waals surface area contributed by atoms with Gasteiger partial charge in [-0.15, -0.1) is 0 Å². The van der Waals surface area contributed by atoms with Crippen molar-refractivity contribution in [3.63, 3.8) is 0 Å². The maximum atomic E-state index is 13.2. The summed E-state index contributed by atoms with van der Waals surface area (Å²) < 4.78 is 40.2. The summed E-state index contributed by atoms with van der Waals surface area (Å²) in [6.45, 7) is -0.0867. The summed E-state index contributed by atoms with van der Waals surface area (Å²) in [5, 5.41) is 0.362. The Morgan fingerprint density at radius 1 is 1.03 bits per heavy atom. The van der Waals surface area contributed by atoms with E-state index in [9.17, 15) is 17.6 Å². The first-order valence-electron chi connectivity index (χ1n) is 8.92. The maximum Gasteiger partial charge on any atom is 0.240 e.